The molecule has 0 radical (unpaired) electrons. The summed E-state index contributed by atoms with van der Waals surface area (Å²) in [7, 11) is 0. The molecule has 0 aliphatic heterocycles. The third-order valence-electron chi connectivity index (χ3n) is 10.3. The van der Waals surface area contributed by atoms with E-state index in [0.717, 1.165) is 34.6 Å². The average molecular weight is 822 g/mol. The molecule has 2 aliphatic rings. The van der Waals surface area contributed by atoms with Gasteiger partial charge in [-0.3, -0.25) is 29.0 Å². The molecule has 16 nitrogen and oxygen atoms in total. The SMILES string of the molecule is C=C1[C@H](OC(C)=O)[C@@H](OC(C)=O)[C@@H](OC(=O)c2cccnc2)C(C)(C)/C=C\[C@H](C)[C@H](OC(C)=O)[C@@]2(O)C[C@@](C)(OC(C)=O)[C@H](OC(=O)c3ccccc3)[C@@H]2[C@H]1OC(C)=O. The van der Waals surface area contributed by atoms with Gasteiger partial charge in [-0.05, 0) is 31.2 Å². The molecule has 16 heteroatoms. The number of hydrogen-bond acceptors (Lipinski definition) is 16. The fourth-order valence-corrected chi connectivity index (χ4v) is 7.99. The van der Waals surface area contributed by atoms with Crippen molar-refractivity contribution in [3.63, 3.8) is 0 Å². The van der Waals surface area contributed by atoms with Crippen LogP contribution in [0.4, 0.5) is 0 Å². The van der Waals surface area contributed by atoms with Crippen molar-refractivity contribution in [1.29, 1.82) is 0 Å². The van der Waals surface area contributed by atoms with E-state index in [4.69, 9.17) is 33.2 Å². The number of aliphatic hydroxyl groups is 1. The van der Waals surface area contributed by atoms with Crippen molar-refractivity contribution in [2.75, 3.05) is 0 Å². The first kappa shape index (κ1) is 45.8. The van der Waals surface area contributed by atoms with E-state index in [2.05, 4.69) is 11.6 Å². The molecule has 1 N–H and O–H groups in total. The van der Waals surface area contributed by atoms with Gasteiger partial charge >= 0.3 is 41.8 Å². The van der Waals surface area contributed by atoms with Crippen LogP contribution in [-0.2, 0) is 57.1 Å². The summed E-state index contributed by atoms with van der Waals surface area (Å²) in [6.45, 7) is 15.8. The Morgan fingerprint density at radius 1 is 0.678 bits per heavy atom. The molecule has 1 saturated carbocycles. The Morgan fingerprint density at radius 2 is 1.22 bits per heavy atom. The minimum atomic E-state index is -2.42. The van der Waals surface area contributed by atoms with Crippen molar-refractivity contribution in [2.45, 2.75) is 117 Å². The fourth-order valence-electron chi connectivity index (χ4n) is 7.99. The lowest BCUT2D eigenvalue weighted by Gasteiger charge is -2.46. The van der Waals surface area contributed by atoms with Gasteiger partial charge < -0.3 is 38.3 Å². The fraction of sp³-hybridized carbons (Fsp3) is 0.488. The number of carbonyl (C=O) groups excluding carboxylic acids is 7. The van der Waals surface area contributed by atoms with E-state index in [0.29, 0.717) is 0 Å². The molecule has 0 amide bonds. The van der Waals surface area contributed by atoms with E-state index in [9.17, 15) is 38.7 Å². The quantitative estimate of drug-likeness (QED) is 0.210. The molecule has 2 aromatic rings. The van der Waals surface area contributed by atoms with E-state index in [1.54, 1.807) is 51.1 Å². The molecule has 2 aliphatic carbocycles. The van der Waals surface area contributed by atoms with Crippen LogP contribution in [-0.4, -0.2) is 99.7 Å². The van der Waals surface area contributed by atoms with Gasteiger partial charge in [0, 0.05) is 70.3 Å². The summed E-state index contributed by atoms with van der Waals surface area (Å²) in [4.78, 5) is 96.6. The van der Waals surface area contributed by atoms with Crippen LogP contribution in [0.5, 0.6) is 0 Å². The van der Waals surface area contributed by atoms with Gasteiger partial charge in [0.2, 0.25) is 0 Å². The summed E-state index contributed by atoms with van der Waals surface area (Å²) in [6, 6.07) is 10.7. The summed E-state index contributed by atoms with van der Waals surface area (Å²) in [5.74, 6) is -9.04. The number of fused-ring (bicyclic) bond motifs is 1. The molecule has 0 saturated heterocycles. The van der Waals surface area contributed by atoms with Crippen LogP contribution in [0.15, 0.2) is 79.2 Å². The van der Waals surface area contributed by atoms with E-state index in [1.165, 1.54) is 43.6 Å². The molecule has 1 heterocycles. The summed E-state index contributed by atoms with van der Waals surface area (Å²) >= 11 is 0. The van der Waals surface area contributed by atoms with E-state index < -0.39 is 113 Å². The van der Waals surface area contributed by atoms with Crippen LogP contribution in [0.1, 0.15) is 89.5 Å². The number of carbonyl (C=O) groups is 7. The summed E-state index contributed by atoms with van der Waals surface area (Å²) in [5, 5.41) is 13.3. The Bertz CT molecular complexity index is 1960. The predicted octanol–water partition coefficient (Wildman–Crippen LogP) is 4.42. The van der Waals surface area contributed by atoms with Gasteiger partial charge in [0.25, 0.3) is 0 Å². The van der Waals surface area contributed by atoms with Crippen molar-refractivity contribution < 1.29 is 71.8 Å². The number of nitrogens with zero attached hydrogens (tertiary/aromatic N) is 1. The lowest BCUT2D eigenvalue weighted by Crippen LogP contribution is -2.60. The first-order chi connectivity index (χ1) is 27.5. The Balaban J connectivity index is 2.13. The number of aromatic nitrogens is 1. The third-order valence-corrected chi connectivity index (χ3v) is 10.3. The molecule has 1 aromatic heterocycles. The maximum absolute atomic E-state index is 13.9. The lowest BCUT2D eigenvalue weighted by molar-refractivity contribution is -0.195. The Hall–Kier alpha value is -5.90. The van der Waals surface area contributed by atoms with Gasteiger partial charge in [0.15, 0.2) is 24.4 Å². The zero-order valence-electron chi connectivity index (χ0n) is 34.5. The van der Waals surface area contributed by atoms with Gasteiger partial charge in [-0.1, -0.05) is 57.7 Å². The molecule has 0 unspecified atom stereocenters. The summed E-state index contributed by atoms with van der Waals surface area (Å²) < 4.78 is 41.7. The number of pyridine rings is 1. The average Bonchev–Trinajstić information content (AvgIpc) is 3.36. The van der Waals surface area contributed by atoms with E-state index >= 15 is 0 Å². The highest BCUT2D eigenvalue weighted by Gasteiger charge is 2.70. The van der Waals surface area contributed by atoms with Gasteiger partial charge in [-0.25, -0.2) is 9.59 Å². The maximum Gasteiger partial charge on any atom is 0.340 e. The minimum Gasteiger partial charge on any atom is -0.459 e. The van der Waals surface area contributed by atoms with Crippen LogP contribution in [0.2, 0.25) is 0 Å². The molecule has 1 aromatic carbocycles. The van der Waals surface area contributed by atoms with Crippen molar-refractivity contribution in [2.24, 2.45) is 17.3 Å². The topological polar surface area (TPSA) is 217 Å². The smallest absolute Gasteiger partial charge is 0.340 e. The van der Waals surface area contributed by atoms with Crippen LogP contribution in [0.3, 0.4) is 0 Å². The molecular weight excluding hydrogens is 770 g/mol. The molecule has 0 bridgehead atoms. The Morgan fingerprint density at radius 3 is 1.76 bits per heavy atom. The number of ether oxygens (including phenoxy) is 7. The van der Waals surface area contributed by atoms with Crippen LogP contribution in [0.25, 0.3) is 0 Å². The highest BCUT2D eigenvalue weighted by atomic mass is 16.6. The zero-order chi connectivity index (χ0) is 44.0. The predicted molar refractivity (Wildman–Crippen MR) is 206 cm³/mol. The maximum atomic E-state index is 13.9. The van der Waals surface area contributed by atoms with Crippen LogP contribution >= 0.6 is 0 Å². The molecular formula is C43H51NO15. The molecule has 318 valence electrons. The van der Waals surface area contributed by atoms with E-state index in [1.807, 2.05) is 0 Å². The summed E-state index contributed by atoms with van der Waals surface area (Å²) in [5.41, 5.74) is -5.96. The molecule has 4 rings (SSSR count). The molecule has 10 atom stereocenters. The normalized spacial score (nSPS) is 30.7. The zero-order valence-corrected chi connectivity index (χ0v) is 34.5. The number of hydrogen-bond donors (Lipinski definition) is 1. The number of benzene rings is 1. The van der Waals surface area contributed by atoms with Gasteiger partial charge in [-0.2, -0.15) is 0 Å². The molecule has 1 fully saturated rings. The standard InChI is InChI=1S/C43H51NO15/c1-23-18-19-41(8,9)38(58-40(51)31-17-14-20-44-21-31)35(55-27(5)47)34(54-26(4)46)24(2)33(53-25(3)45)32-37(57-39(50)30-15-12-11-13-16-30)42(10,59-29(7)49)22-43(32,52)36(23)56-28(6)48/h11-21,23,32-38,52H,2,22H2,1,3-10H3/b19-18-/t23-,32-,33-,34-,35+,36-,37+,38+,42+,43+/m0/s1. The molecule has 59 heavy (non-hydrogen) atoms. The monoisotopic (exact) mass is 821 g/mol. The first-order valence-corrected chi connectivity index (χ1v) is 18.9. The highest BCUT2D eigenvalue weighted by Crippen LogP contribution is 2.54. The van der Waals surface area contributed by atoms with Crippen molar-refractivity contribution in [1.82, 2.24) is 4.98 Å². The summed E-state index contributed by atoms with van der Waals surface area (Å²) in [6.07, 6.45) is -4.99. The Labute approximate surface area is 342 Å². The number of esters is 7. The third kappa shape index (κ3) is 10.6. The second-order valence-electron chi connectivity index (χ2n) is 15.6. The first-order valence-electron chi connectivity index (χ1n) is 18.9. The van der Waals surface area contributed by atoms with Crippen molar-refractivity contribution >= 4 is 41.8 Å². The van der Waals surface area contributed by atoms with Gasteiger partial charge in [0.1, 0.15) is 23.4 Å². The van der Waals surface area contributed by atoms with Crippen molar-refractivity contribution in [3.8, 4) is 0 Å². The minimum absolute atomic E-state index is 0.0211. The largest absolute Gasteiger partial charge is 0.459 e. The van der Waals surface area contributed by atoms with E-state index in [-0.39, 0.29) is 16.7 Å². The van der Waals surface area contributed by atoms with Gasteiger partial charge in [0.05, 0.1) is 17.0 Å². The Kier molecular flexibility index (Phi) is 14.2. The van der Waals surface area contributed by atoms with Gasteiger partial charge in [-0.15, -0.1) is 0 Å². The second-order valence-corrected chi connectivity index (χ2v) is 15.6. The highest BCUT2D eigenvalue weighted by molar-refractivity contribution is 5.90. The number of rotatable bonds is 9. The van der Waals surface area contributed by atoms with Crippen LogP contribution < -0.4 is 0 Å². The molecule has 0 spiro atoms. The van der Waals surface area contributed by atoms with Crippen LogP contribution in [0, 0.1) is 17.3 Å². The lowest BCUT2D eigenvalue weighted by atomic mass is 9.71. The second kappa shape index (κ2) is 18.4. The van der Waals surface area contributed by atoms with Crippen molar-refractivity contribution in [3.05, 3.63) is 90.3 Å².